The van der Waals surface area contributed by atoms with Crippen LogP contribution in [-0.2, 0) is 13.5 Å². The Morgan fingerprint density at radius 1 is 1.44 bits per heavy atom. The molecule has 3 rings (SSSR count). The standard InChI is InChI=1S/C14H17N3O/c1-17-7-6-16-14(17)13(15)11-8-10-4-2-3-5-12(10)18-9-11/h2-7,11,13H,8-9,15H2,1H3. The van der Waals surface area contributed by atoms with E-state index in [2.05, 4.69) is 11.1 Å². The summed E-state index contributed by atoms with van der Waals surface area (Å²) < 4.78 is 7.76. The highest BCUT2D eigenvalue weighted by atomic mass is 16.5. The number of hydrogen-bond acceptors (Lipinski definition) is 3. The van der Waals surface area contributed by atoms with Crippen molar-refractivity contribution < 1.29 is 4.74 Å². The number of imidazole rings is 1. The molecule has 2 unspecified atom stereocenters. The Balaban J connectivity index is 1.82. The largest absolute Gasteiger partial charge is 0.493 e. The van der Waals surface area contributed by atoms with Crippen molar-refractivity contribution in [1.82, 2.24) is 9.55 Å². The van der Waals surface area contributed by atoms with Crippen LogP contribution < -0.4 is 10.5 Å². The first-order valence-corrected chi connectivity index (χ1v) is 6.19. The average molecular weight is 243 g/mol. The van der Waals surface area contributed by atoms with Crippen LogP contribution in [0, 0.1) is 5.92 Å². The minimum Gasteiger partial charge on any atom is -0.493 e. The molecule has 4 heteroatoms. The number of fused-ring (bicyclic) bond motifs is 1. The van der Waals surface area contributed by atoms with Gasteiger partial charge < -0.3 is 15.0 Å². The first kappa shape index (κ1) is 11.3. The summed E-state index contributed by atoms with van der Waals surface area (Å²) in [6, 6.07) is 8.07. The SMILES string of the molecule is Cn1ccnc1C(N)C1COc2ccccc2C1. The van der Waals surface area contributed by atoms with Crippen molar-refractivity contribution >= 4 is 0 Å². The Morgan fingerprint density at radius 3 is 3.06 bits per heavy atom. The van der Waals surface area contributed by atoms with E-state index in [0.29, 0.717) is 6.61 Å². The molecule has 0 bridgehead atoms. The van der Waals surface area contributed by atoms with E-state index in [9.17, 15) is 0 Å². The maximum absolute atomic E-state index is 6.31. The van der Waals surface area contributed by atoms with Crippen molar-refractivity contribution in [3.05, 3.63) is 48.0 Å². The van der Waals surface area contributed by atoms with E-state index in [-0.39, 0.29) is 12.0 Å². The van der Waals surface area contributed by atoms with Crippen LogP contribution in [0.25, 0.3) is 0 Å². The minimum absolute atomic E-state index is 0.0849. The molecule has 2 aromatic rings. The van der Waals surface area contributed by atoms with Gasteiger partial charge in [-0.05, 0) is 18.1 Å². The van der Waals surface area contributed by atoms with E-state index in [1.54, 1.807) is 6.20 Å². The van der Waals surface area contributed by atoms with E-state index < -0.39 is 0 Å². The van der Waals surface area contributed by atoms with Crippen LogP contribution in [0.2, 0.25) is 0 Å². The number of aryl methyl sites for hydroxylation is 1. The van der Waals surface area contributed by atoms with Crippen molar-refractivity contribution in [1.29, 1.82) is 0 Å². The van der Waals surface area contributed by atoms with E-state index in [1.165, 1.54) is 5.56 Å². The smallest absolute Gasteiger partial charge is 0.125 e. The van der Waals surface area contributed by atoms with Crippen LogP contribution in [0.1, 0.15) is 17.4 Å². The predicted octanol–water partition coefficient (Wildman–Crippen LogP) is 1.67. The highest BCUT2D eigenvalue weighted by Gasteiger charge is 2.27. The van der Waals surface area contributed by atoms with Gasteiger partial charge >= 0.3 is 0 Å². The number of ether oxygens (including phenoxy) is 1. The van der Waals surface area contributed by atoms with Gasteiger partial charge in [-0.25, -0.2) is 4.98 Å². The summed E-state index contributed by atoms with van der Waals surface area (Å²) >= 11 is 0. The van der Waals surface area contributed by atoms with Gasteiger partial charge in [0.05, 0.1) is 12.6 Å². The summed E-state index contributed by atoms with van der Waals surface area (Å²) in [6.45, 7) is 0.658. The fourth-order valence-electron chi connectivity index (χ4n) is 2.49. The maximum atomic E-state index is 6.31. The number of rotatable bonds is 2. The van der Waals surface area contributed by atoms with Gasteiger partial charge in [0.1, 0.15) is 11.6 Å². The first-order chi connectivity index (χ1) is 8.75. The molecule has 0 spiro atoms. The van der Waals surface area contributed by atoms with Gasteiger partial charge in [-0.3, -0.25) is 0 Å². The lowest BCUT2D eigenvalue weighted by Gasteiger charge is -2.29. The molecule has 0 radical (unpaired) electrons. The van der Waals surface area contributed by atoms with Crippen molar-refractivity contribution in [2.75, 3.05) is 6.61 Å². The molecule has 0 fully saturated rings. The van der Waals surface area contributed by atoms with Crippen molar-refractivity contribution in [3.63, 3.8) is 0 Å². The third-order valence-corrected chi connectivity index (χ3v) is 3.57. The van der Waals surface area contributed by atoms with Crippen molar-refractivity contribution in [2.24, 2.45) is 18.7 Å². The molecule has 0 aliphatic carbocycles. The zero-order valence-electron chi connectivity index (χ0n) is 10.4. The van der Waals surface area contributed by atoms with Crippen LogP contribution in [0.5, 0.6) is 5.75 Å². The lowest BCUT2D eigenvalue weighted by molar-refractivity contribution is 0.196. The van der Waals surface area contributed by atoms with Crippen molar-refractivity contribution in [2.45, 2.75) is 12.5 Å². The van der Waals surface area contributed by atoms with Gasteiger partial charge in [0.25, 0.3) is 0 Å². The molecule has 1 aromatic carbocycles. The quantitative estimate of drug-likeness (QED) is 0.873. The van der Waals surface area contributed by atoms with Gasteiger partial charge in [-0.15, -0.1) is 0 Å². The molecular formula is C14H17N3O. The summed E-state index contributed by atoms with van der Waals surface area (Å²) in [4.78, 5) is 4.33. The Kier molecular flexibility index (Phi) is 2.80. The molecule has 2 N–H and O–H groups in total. The monoisotopic (exact) mass is 243 g/mol. The highest BCUT2D eigenvalue weighted by Crippen LogP contribution is 2.31. The van der Waals surface area contributed by atoms with E-state index in [4.69, 9.17) is 10.5 Å². The summed E-state index contributed by atoms with van der Waals surface area (Å²) in [6.07, 6.45) is 4.66. The Bertz CT molecular complexity index is 549. The zero-order chi connectivity index (χ0) is 12.5. The van der Waals surface area contributed by atoms with Gasteiger partial charge in [0, 0.05) is 25.4 Å². The molecule has 0 saturated carbocycles. The third kappa shape index (κ3) is 1.88. The zero-order valence-corrected chi connectivity index (χ0v) is 10.4. The van der Waals surface area contributed by atoms with Gasteiger partial charge in [0.2, 0.25) is 0 Å². The van der Waals surface area contributed by atoms with Crippen LogP contribution in [0.15, 0.2) is 36.7 Å². The number of para-hydroxylation sites is 1. The average Bonchev–Trinajstić information content (AvgIpc) is 2.83. The van der Waals surface area contributed by atoms with Gasteiger partial charge in [-0.1, -0.05) is 18.2 Å². The first-order valence-electron chi connectivity index (χ1n) is 6.19. The topological polar surface area (TPSA) is 53.1 Å². The molecule has 1 aromatic heterocycles. The number of nitrogens with two attached hydrogens (primary N) is 1. The lowest BCUT2D eigenvalue weighted by atomic mass is 9.90. The molecule has 4 nitrogen and oxygen atoms in total. The Hall–Kier alpha value is -1.81. The molecule has 0 amide bonds. The van der Waals surface area contributed by atoms with Crippen LogP contribution in [-0.4, -0.2) is 16.2 Å². The molecule has 2 heterocycles. The number of benzene rings is 1. The molecule has 0 saturated heterocycles. The lowest BCUT2D eigenvalue weighted by Crippen LogP contribution is -2.33. The molecule has 2 atom stereocenters. The van der Waals surface area contributed by atoms with E-state index in [0.717, 1.165) is 18.0 Å². The Morgan fingerprint density at radius 2 is 2.28 bits per heavy atom. The van der Waals surface area contributed by atoms with E-state index >= 15 is 0 Å². The maximum Gasteiger partial charge on any atom is 0.125 e. The molecular weight excluding hydrogens is 226 g/mol. The Labute approximate surface area is 106 Å². The highest BCUT2D eigenvalue weighted by molar-refractivity contribution is 5.35. The molecule has 1 aliphatic heterocycles. The fourth-order valence-corrected chi connectivity index (χ4v) is 2.49. The predicted molar refractivity (Wildman–Crippen MR) is 69.3 cm³/mol. The minimum atomic E-state index is -0.0849. The van der Waals surface area contributed by atoms with E-state index in [1.807, 2.05) is 36.0 Å². The molecule has 18 heavy (non-hydrogen) atoms. The second kappa shape index (κ2) is 4.46. The number of nitrogens with zero attached hydrogens (tertiary/aromatic N) is 2. The number of aromatic nitrogens is 2. The molecule has 1 aliphatic rings. The third-order valence-electron chi connectivity index (χ3n) is 3.57. The normalized spacial score (nSPS) is 20.0. The summed E-state index contributed by atoms with van der Waals surface area (Å²) in [5, 5.41) is 0. The van der Waals surface area contributed by atoms with Crippen molar-refractivity contribution in [3.8, 4) is 5.75 Å². The summed E-state index contributed by atoms with van der Waals surface area (Å²) in [7, 11) is 1.97. The van der Waals surface area contributed by atoms with Gasteiger partial charge in [0.15, 0.2) is 0 Å². The summed E-state index contributed by atoms with van der Waals surface area (Å²) in [5.41, 5.74) is 7.54. The second-order valence-electron chi connectivity index (χ2n) is 4.81. The number of hydrogen-bond donors (Lipinski definition) is 1. The van der Waals surface area contributed by atoms with Gasteiger partial charge in [-0.2, -0.15) is 0 Å². The second-order valence-corrected chi connectivity index (χ2v) is 4.81. The van der Waals surface area contributed by atoms with Crippen LogP contribution in [0.4, 0.5) is 0 Å². The van der Waals surface area contributed by atoms with Crippen LogP contribution >= 0.6 is 0 Å². The fraction of sp³-hybridized carbons (Fsp3) is 0.357. The van der Waals surface area contributed by atoms with Crippen LogP contribution in [0.3, 0.4) is 0 Å². The molecule has 94 valence electrons. The summed E-state index contributed by atoms with van der Waals surface area (Å²) in [5.74, 6) is 2.18.